The van der Waals surface area contributed by atoms with E-state index in [0.29, 0.717) is 17.1 Å². The molecule has 0 saturated heterocycles. The molecule has 1 amide bonds. The highest BCUT2D eigenvalue weighted by molar-refractivity contribution is 8.00. The van der Waals surface area contributed by atoms with Crippen LogP contribution in [0.4, 0.5) is 15.8 Å². The zero-order valence-corrected chi connectivity index (χ0v) is 12.6. The summed E-state index contributed by atoms with van der Waals surface area (Å²) in [4.78, 5) is 14.6. The Bertz CT molecular complexity index is 619. The fourth-order valence-electron chi connectivity index (χ4n) is 1.96. The average molecular weight is 304 g/mol. The molecule has 0 aromatic heterocycles. The Morgan fingerprint density at radius 2 is 1.95 bits per heavy atom. The molecule has 2 aromatic carbocycles. The van der Waals surface area contributed by atoms with E-state index in [1.807, 2.05) is 37.3 Å². The van der Waals surface area contributed by atoms with Gasteiger partial charge in [0.15, 0.2) is 0 Å². The van der Waals surface area contributed by atoms with Crippen molar-refractivity contribution < 1.29 is 9.18 Å². The molecule has 0 atom stereocenters. The molecule has 0 heterocycles. The number of rotatable bonds is 5. The van der Waals surface area contributed by atoms with Crippen molar-refractivity contribution in [2.45, 2.75) is 11.8 Å². The lowest BCUT2D eigenvalue weighted by atomic mass is 10.3. The van der Waals surface area contributed by atoms with E-state index in [2.05, 4.69) is 0 Å². The van der Waals surface area contributed by atoms with Crippen molar-refractivity contribution in [2.24, 2.45) is 0 Å². The Balaban J connectivity index is 2.05. The van der Waals surface area contributed by atoms with Crippen LogP contribution in [0.1, 0.15) is 6.92 Å². The van der Waals surface area contributed by atoms with Crippen LogP contribution in [-0.4, -0.2) is 18.2 Å². The number of thioether (sulfide) groups is 1. The molecule has 0 unspecified atom stereocenters. The molecule has 2 rings (SSSR count). The summed E-state index contributed by atoms with van der Waals surface area (Å²) in [7, 11) is 0. The third kappa shape index (κ3) is 3.98. The van der Waals surface area contributed by atoms with Crippen LogP contribution in [0, 0.1) is 5.82 Å². The van der Waals surface area contributed by atoms with Gasteiger partial charge in [-0.15, -0.1) is 11.8 Å². The number of halogens is 1. The largest absolute Gasteiger partial charge is 0.398 e. The lowest BCUT2D eigenvalue weighted by Gasteiger charge is -2.21. The highest BCUT2D eigenvalue weighted by atomic mass is 32.2. The third-order valence-electron chi connectivity index (χ3n) is 3.01. The van der Waals surface area contributed by atoms with Gasteiger partial charge in [0.1, 0.15) is 5.82 Å². The number of hydrogen-bond acceptors (Lipinski definition) is 3. The number of nitrogens with zero attached hydrogens (tertiary/aromatic N) is 1. The molecule has 0 fully saturated rings. The zero-order valence-electron chi connectivity index (χ0n) is 11.8. The van der Waals surface area contributed by atoms with E-state index in [4.69, 9.17) is 5.73 Å². The van der Waals surface area contributed by atoms with Gasteiger partial charge in [0.2, 0.25) is 5.91 Å². The summed E-state index contributed by atoms with van der Waals surface area (Å²) in [5, 5.41) is 0. The van der Waals surface area contributed by atoms with Crippen LogP contribution in [0.15, 0.2) is 53.4 Å². The maximum absolute atomic E-state index is 13.2. The zero-order chi connectivity index (χ0) is 15.2. The quantitative estimate of drug-likeness (QED) is 0.678. The van der Waals surface area contributed by atoms with Crippen LogP contribution in [0.2, 0.25) is 0 Å². The van der Waals surface area contributed by atoms with Crippen molar-refractivity contribution in [1.82, 2.24) is 0 Å². The number of amides is 1. The molecule has 0 spiro atoms. The molecule has 5 heteroatoms. The molecule has 110 valence electrons. The third-order valence-corrected chi connectivity index (χ3v) is 4.07. The molecule has 2 aromatic rings. The first-order valence-electron chi connectivity index (χ1n) is 6.65. The van der Waals surface area contributed by atoms with E-state index in [1.165, 1.54) is 30.0 Å². The van der Waals surface area contributed by atoms with Gasteiger partial charge in [-0.1, -0.05) is 18.2 Å². The molecular weight excluding hydrogens is 287 g/mol. The van der Waals surface area contributed by atoms with Crippen LogP contribution in [-0.2, 0) is 4.79 Å². The van der Waals surface area contributed by atoms with E-state index < -0.39 is 0 Å². The summed E-state index contributed by atoms with van der Waals surface area (Å²) >= 11 is 1.25. The number of nitrogens with two attached hydrogens (primary N) is 1. The molecule has 3 nitrogen and oxygen atoms in total. The van der Waals surface area contributed by atoms with Gasteiger partial charge < -0.3 is 10.6 Å². The van der Waals surface area contributed by atoms with Crippen molar-refractivity contribution in [1.29, 1.82) is 0 Å². The van der Waals surface area contributed by atoms with Crippen LogP contribution >= 0.6 is 11.8 Å². The van der Waals surface area contributed by atoms with E-state index in [1.54, 1.807) is 4.90 Å². The highest BCUT2D eigenvalue weighted by Crippen LogP contribution is 2.26. The summed E-state index contributed by atoms with van der Waals surface area (Å²) in [6.45, 7) is 2.51. The highest BCUT2D eigenvalue weighted by Gasteiger charge is 2.14. The van der Waals surface area contributed by atoms with Gasteiger partial charge in [-0.3, -0.25) is 4.79 Å². The van der Waals surface area contributed by atoms with Crippen molar-refractivity contribution in [2.75, 3.05) is 22.9 Å². The Hall–Kier alpha value is -2.01. The lowest BCUT2D eigenvalue weighted by molar-refractivity contribution is -0.116. The number of para-hydroxylation sites is 1. The first-order valence-corrected chi connectivity index (χ1v) is 7.63. The van der Waals surface area contributed by atoms with E-state index in [0.717, 1.165) is 5.69 Å². The van der Waals surface area contributed by atoms with Crippen molar-refractivity contribution in [3.63, 3.8) is 0 Å². The Morgan fingerprint density at radius 3 is 2.62 bits per heavy atom. The van der Waals surface area contributed by atoms with Crippen LogP contribution in [0.3, 0.4) is 0 Å². The molecule has 0 aliphatic rings. The minimum atomic E-state index is -0.352. The van der Waals surface area contributed by atoms with Crippen molar-refractivity contribution in [3.8, 4) is 0 Å². The smallest absolute Gasteiger partial charge is 0.237 e. The fourth-order valence-corrected chi connectivity index (χ4v) is 2.83. The summed E-state index contributed by atoms with van der Waals surface area (Å²) in [6.07, 6.45) is 0. The number of nitrogen functional groups attached to an aromatic ring is 1. The summed E-state index contributed by atoms with van der Waals surface area (Å²) in [6, 6.07) is 13.6. The maximum Gasteiger partial charge on any atom is 0.237 e. The second-order valence-electron chi connectivity index (χ2n) is 4.44. The van der Waals surface area contributed by atoms with E-state index in [-0.39, 0.29) is 17.5 Å². The second-order valence-corrected chi connectivity index (χ2v) is 5.46. The van der Waals surface area contributed by atoms with Gasteiger partial charge >= 0.3 is 0 Å². The molecule has 0 aliphatic heterocycles. The number of carbonyl (C=O) groups is 1. The minimum Gasteiger partial charge on any atom is -0.398 e. The molecule has 0 aliphatic carbocycles. The van der Waals surface area contributed by atoms with Gasteiger partial charge in [0.25, 0.3) is 0 Å². The van der Waals surface area contributed by atoms with E-state index in [9.17, 15) is 9.18 Å². The van der Waals surface area contributed by atoms with Gasteiger partial charge in [-0.25, -0.2) is 4.39 Å². The van der Waals surface area contributed by atoms with Gasteiger partial charge in [-0.2, -0.15) is 0 Å². The second kappa shape index (κ2) is 7.13. The van der Waals surface area contributed by atoms with Crippen molar-refractivity contribution in [3.05, 3.63) is 54.3 Å². The molecule has 2 N–H and O–H groups in total. The molecular formula is C16H17FN2OS. The van der Waals surface area contributed by atoms with Crippen LogP contribution < -0.4 is 10.6 Å². The summed E-state index contributed by atoms with van der Waals surface area (Å²) in [5.74, 6) is -0.164. The summed E-state index contributed by atoms with van der Waals surface area (Å²) < 4.78 is 13.2. The predicted octanol–water partition coefficient (Wildman–Crippen LogP) is 3.55. The van der Waals surface area contributed by atoms with Gasteiger partial charge in [-0.05, 0) is 37.3 Å². The lowest BCUT2D eigenvalue weighted by Crippen LogP contribution is -2.32. The normalized spacial score (nSPS) is 10.4. The molecule has 0 radical (unpaired) electrons. The minimum absolute atomic E-state index is 0.0302. The summed E-state index contributed by atoms with van der Waals surface area (Å²) in [5.41, 5.74) is 7.13. The van der Waals surface area contributed by atoms with Crippen molar-refractivity contribution >= 4 is 29.0 Å². The predicted molar refractivity (Wildman–Crippen MR) is 86.0 cm³/mol. The molecule has 0 bridgehead atoms. The Kier molecular flexibility index (Phi) is 5.22. The molecule has 0 saturated carbocycles. The SMILES string of the molecule is CCN(C(=O)CSc1cc(F)ccc1N)c1ccccc1. The fraction of sp³-hybridized carbons (Fsp3) is 0.188. The first-order chi connectivity index (χ1) is 10.1. The van der Waals surface area contributed by atoms with Gasteiger partial charge in [0, 0.05) is 22.8 Å². The standard InChI is InChI=1S/C16H17FN2OS/c1-2-19(13-6-4-3-5-7-13)16(20)11-21-15-10-12(17)8-9-14(15)18/h3-10H,2,11,18H2,1H3. The monoisotopic (exact) mass is 304 g/mol. The topological polar surface area (TPSA) is 46.3 Å². The number of benzene rings is 2. The number of carbonyl (C=O) groups excluding carboxylic acids is 1. The Morgan fingerprint density at radius 1 is 1.24 bits per heavy atom. The van der Waals surface area contributed by atoms with Gasteiger partial charge in [0.05, 0.1) is 5.75 Å². The Labute approximate surface area is 127 Å². The van der Waals surface area contributed by atoms with E-state index >= 15 is 0 Å². The average Bonchev–Trinajstić information content (AvgIpc) is 2.50. The van der Waals surface area contributed by atoms with Crippen LogP contribution in [0.5, 0.6) is 0 Å². The number of anilines is 2. The van der Waals surface area contributed by atoms with Crippen LogP contribution in [0.25, 0.3) is 0 Å². The molecule has 21 heavy (non-hydrogen) atoms. The number of hydrogen-bond donors (Lipinski definition) is 1. The maximum atomic E-state index is 13.2. The first kappa shape index (κ1) is 15.4.